The van der Waals surface area contributed by atoms with Crippen LogP contribution in [0.5, 0.6) is 0 Å². The lowest BCUT2D eigenvalue weighted by molar-refractivity contribution is 0.0952. The lowest BCUT2D eigenvalue weighted by Gasteiger charge is -2.27. The molecule has 0 spiro atoms. The Labute approximate surface area is 141 Å². The van der Waals surface area contributed by atoms with Gasteiger partial charge >= 0.3 is 0 Å². The number of likely N-dealkylation sites (N-methyl/N-ethyl adjacent to an activating group) is 1. The molecule has 1 amide bonds. The number of fused-ring (bicyclic) bond motifs is 1. The Balaban J connectivity index is 1.70. The predicted octanol–water partition coefficient (Wildman–Crippen LogP) is 2.29. The molecule has 0 aliphatic heterocycles. The monoisotopic (exact) mass is 323 g/mol. The summed E-state index contributed by atoms with van der Waals surface area (Å²) < 4.78 is 1.63. The van der Waals surface area contributed by atoms with Crippen molar-refractivity contribution in [3.8, 4) is 0 Å². The van der Waals surface area contributed by atoms with E-state index in [1.807, 2.05) is 32.2 Å². The van der Waals surface area contributed by atoms with Crippen molar-refractivity contribution in [1.82, 2.24) is 19.9 Å². The number of carbonyl (C=O) groups is 1. The van der Waals surface area contributed by atoms with Gasteiger partial charge in [0.25, 0.3) is 5.91 Å². The molecule has 0 radical (unpaired) electrons. The summed E-state index contributed by atoms with van der Waals surface area (Å²) in [5, 5.41) is 7.32. The van der Waals surface area contributed by atoms with Crippen LogP contribution < -0.4 is 10.2 Å². The van der Waals surface area contributed by atoms with Crippen LogP contribution in [0.4, 0.5) is 5.69 Å². The third-order valence-corrected chi connectivity index (χ3v) is 4.18. The summed E-state index contributed by atoms with van der Waals surface area (Å²) in [7, 11) is 2.02. The number of anilines is 1. The molecule has 1 atom stereocenters. The van der Waals surface area contributed by atoms with Crippen LogP contribution in [0.3, 0.4) is 0 Å². The second kappa shape index (κ2) is 6.70. The molecule has 0 aliphatic rings. The summed E-state index contributed by atoms with van der Waals surface area (Å²) in [5.41, 5.74) is 2.91. The summed E-state index contributed by atoms with van der Waals surface area (Å²) in [6.45, 7) is 4.44. The average molecular weight is 323 g/mol. The van der Waals surface area contributed by atoms with Gasteiger partial charge in [-0.2, -0.15) is 5.10 Å². The topological polar surface area (TPSA) is 62.5 Å². The van der Waals surface area contributed by atoms with Crippen LogP contribution in [0.15, 0.2) is 48.8 Å². The van der Waals surface area contributed by atoms with Gasteiger partial charge in [0.05, 0.1) is 5.69 Å². The van der Waals surface area contributed by atoms with Crippen LogP contribution in [0.25, 0.3) is 5.65 Å². The molecule has 1 N–H and O–H groups in total. The largest absolute Gasteiger partial charge is 0.370 e. The number of benzene rings is 1. The van der Waals surface area contributed by atoms with E-state index in [1.54, 1.807) is 23.0 Å². The molecule has 0 fully saturated rings. The van der Waals surface area contributed by atoms with Gasteiger partial charge in [-0.3, -0.25) is 4.79 Å². The average Bonchev–Trinajstić information content (AvgIpc) is 2.95. The molecule has 0 saturated heterocycles. The Bertz CT molecular complexity index is 843. The van der Waals surface area contributed by atoms with E-state index in [-0.39, 0.29) is 11.9 Å². The number of para-hydroxylation sites is 1. The molecule has 1 unspecified atom stereocenters. The van der Waals surface area contributed by atoms with E-state index in [0.29, 0.717) is 23.4 Å². The highest BCUT2D eigenvalue weighted by Crippen LogP contribution is 2.15. The van der Waals surface area contributed by atoms with Crippen LogP contribution >= 0.6 is 0 Å². The van der Waals surface area contributed by atoms with Crippen LogP contribution in [-0.2, 0) is 0 Å². The minimum absolute atomic E-state index is 0.144. The second-order valence-electron chi connectivity index (χ2n) is 5.85. The minimum atomic E-state index is -0.144. The molecule has 2 aromatic heterocycles. The van der Waals surface area contributed by atoms with Crippen LogP contribution in [0, 0.1) is 6.92 Å². The molecule has 3 aromatic rings. The van der Waals surface area contributed by atoms with E-state index >= 15 is 0 Å². The molecule has 0 saturated carbocycles. The Hall–Kier alpha value is -2.89. The Morgan fingerprint density at radius 1 is 1.29 bits per heavy atom. The maximum absolute atomic E-state index is 12.6. The molecule has 1 aromatic carbocycles. The number of nitrogens with zero attached hydrogens (tertiary/aromatic N) is 4. The third-order valence-electron chi connectivity index (χ3n) is 4.18. The van der Waals surface area contributed by atoms with Crippen molar-refractivity contribution in [1.29, 1.82) is 0 Å². The van der Waals surface area contributed by atoms with Crippen molar-refractivity contribution in [2.45, 2.75) is 19.9 Å². The fourth-order valence-corrected chi connectivity index (χ4v) is 2.65. The highest BCUT2D eigenvalue weighted by atomic mass is 16.1. The van der Waals surface area contributed by atoms with Crippen molar-refractivity contribution in [3.63, 3.8) is 0 Å². The zero-order valence-corrected chi connectivity index (χ0v) is 14.1. The van der Waals surface area contributed by atoms with E-state index < -0.39 is 0 Å². The molecule has 0 bridgehead atoms. The van der Waals surface area contributed by atoms with E-state index in [0.717, 1.165) is 5.69 Å². The van der Waals surface area contributed by atoms with Gasteiger partial charge in [0.2, 0.25) is 0 Å². The number of nitrogens with one attached hydrogen (secondary N) is 1. The van der Waals surface area contributed by atoms with Gasteiger partial charge in [0.15, 0.2) is 5.65 Å². The van der Waals surface area contributed by atoms with Crippen molar-refractivity contribution in [3.05, 3.63) is 60.0 Å². The maximum atomic E-state index is 12.6. The third kappa shape index (κ3) is 3.08. The van der Waals surface area contributed by atoms with E-state index in [9.17, 15) is 4.79 Å². The van der Waals surface area contributed by atoms with Gasteiger partial charge in [-0.15, -0.1) is 0 Å². The quantitative estimate of drug-likeness (QED) is 0.782. The standard InChI is InChI=1S/C18H21N5O/c1-13(22(3)15-8-5-4-6-9-15)12-20-18(24)16-14(2)21-23-11-7-10-19-17(16)23/h4-11,13H,12H2,1-3H3,(H,20,24). The maximum Gasteiger partial charge on any atom is 0.257 e. The fourth-order valence-electron chi connectivity index (χ4n) is 2.65. The first-order valence-corrected chi connectivity index (χ1v) is 7.94. The number of aryl methyl sites for hydroxylation is 1. The zero-order valence-electron chi connectivity index (χ0n) is 14.1. The summed E-state index contributed by atoms with van der Waals surface area (Å²) >= 11 is 0. The summed E-state index contributed by atoms with van der Waals surface area (Å²) in [6.07, 6.45) is 3.46. The number of hydrogen-bond acceptors (Lipinski definition) is 4. The number of aromatic nitrogens is 3. The second-order valence-corrected chi connectivity index (χ2v) is 5.85. The SMILES string of the molecule is Cc1nn2cccnc2c1C(=O)NCC(C)N(C)c1ccccc1. The van der Waals surface area contributed by atoms with E-state index in [2.05, 4.69) is 39.4 Å². The van der Waals surface area contributed by atoms with Crippen LogP contribution in [0.2, 0.25) is 0 Å². The summed E-state index contributed by atoms with van der Waals surface area (Å²) in [5.74, 6) is -0.144. The Kier molecular flexibility index (Phi) is 4.46. The summed E-state index contributed by atoms with van der Waals surface area (Å²) in [4.78, 5) is 19.0. The normalized spacial score (nSPS) is 12.1. The Morgan fingerprint density at radius 2 is 2.04 bits per heavy atom. The number of rotatable bonds is 5. The van der Waals surface area contributed by atoms with Crippen LogP contribution in [0.1, 0.15) is 23.0 Å². The van der Waals surface area contributed by atoms with Gasteiger partial charge < -0.3 is 10.2 Å². The first-order valence-electron chi connectivity index (χ1n) is 7.94. The smallest absolute Gasteiger partial charge is 0.257 e. The highest BCUT2D eigenvalue weighted by molar-refractivity contribution is 6.01. The molecular formula is C18H21N5O. The van der Waals surface area contributed by atoms with Gasteiger partial charge in [-0.05, 0) is 32.0 Å². The lowest BCUT2D eigenvalue weighted by Crippen LogP contribution is -2.40. The molecule has 124 valence electrons. The molecule has 0 aliphatic carbocycles. The van der Waals surface area contributed by atoms with Crippen molar-refractivity contribution in [2.24, 2.45) is 0 Å². The van der Waals surface area contributed by atoms with Gasteiger partial charge in [-0.25, -0.2) is 9.50 Å². The van der Waals surface area contributed by atoms with Gasteiger partial charge in [0, 0.05) is 37.7 Å². The van der Waals surface area contributed by atoms with Gasteiger partial charge in [0.1, 0.15) is 5.56 Å². The van der Waals surface area contributed by atoms with Crippen molar-refractivity contribution >= 4 is 17.2 Å². The fraction of sp³-hybridized carbons (Fsp3) is 0.278. The minimum Gasteiger partial charge on any atom is -0.370 e. The molecule has 6 heteroatoms. The molecule has 2 heterocycles. The number of amides is 1. The predicted molar refractivity (Wildman–Crippen MR) is 94.4 cm³/mol. The zero-order chi connectivity index (χ0) is 17.1. The summed E-state index contributed by atoms with van der Waals surface area (Å²) in [6, 6.07) is 12.1. The van der Waals surface area contributed by atoms with Crippen molar-refractivity contribution < 1.29 is 4.79 Å². The molecular weight excluding hydrogens is 302 g/mol. The number of carbonyl (C=O) groups excluding carboxylic acids is 1. The Morgan fingerprint density at radius 3 is 2.79 bits per heavy atom. The first kappa shape index (κ1) is 16.0. The highest BCUT2D eigenvalue weighted by Gasteiger charge is 2.19. The van der Waals surface area contributed by atoms with Crippen LogP contribution in [-0.4, -0.2) is 40.1 Å². The van der Waals surface area contributed by atoms with Gasteiger partial charge in [-0.1, -0.05) is 18.2 Å². The van der Waals surface area contributed by atoms with Crippen molar-refractivity contribution in [2.75, 3.05) is 18.5 Å². The first-order chi connectivity index (χ1) is 11.6. The van der Waals surface area contributed by atoms with E-state index in [4.69, 9.17) is 0 Å². The lowest BCUT2D eigenvalue weighted by atomic mass is 10.2. The molecule has 3 rings (SSSR count). The number of hydrogen-bond donors (Lipinski definition) is 1. The molecule has 24 heavy (non-hydrogen) atoms. The molecule has 6 nitrogen and oxygen atoms in total. The van der Waals surface area contributed by atoms with E-state index in [1.165, 1.54) is 0 Å².